The summed E-state index contributed by atoms with van der Waals surface area (Å²) in [6.07, 6.45) is 8.90. The van der Waals surface area contributed by atoms with Crippen molar-refractivity contribution in [2.75, 3.05) is 6.61 Å². The lowest BCUT2D eigenvalue weighted by Gasteiger charge is -2.36. The van der Waals surface area contributed by atoms with Gasteiger partial charge in [0.2, 0.25) is 0 Å². The normalized spacial score (nSPS) is 29.6. The highest BCUT2D eigenvalue weighted by molar-refractivity contribution is 5.89. The molecule has 2 rings (SSSR count). The number of Topliss-reactive ketones (excluding diaryl/α,β-unsaturated/α-hetero) is 1. The van der Waals surface area contributed by atoms with E-state index in [9.17, 15) is 9.59 Å². The fourth-order valence-electron chi connectivity index (χ4n) is 3.08. The molecule has 0 heterocycles. The van der Waals surface area contributed by atoms with Gasteiger partial charge in [-0.25, -0.2) is 0 Å². The third-order valence-electron chi connectivity index (χ3n) is 5.13. The standard InChI is InChI=1S/C16H24O3/c1-15(2)9-6-10-16(15,3)13(17)11-19-14(18)12-7-4-5-8-12/h6,9,12H,4-5,7-8,10-11H2,1-3H3/t16-/m1/s1. The van der Waals surface area contributed by atoms with Gasteiger partial charge in [-0.2, -0.15) is 0 Å². The number of carbonyl (C=O) groups is 2. The predicted octanol–water partition coefficient (Wildman–Crippen LogP) is 3.28. The first-order valence-corrected chi connectivity index (χ1v) is 7.24. The molecule has 3 nitrogen and oxygen atoms in total. The Kier molecular flexibility index (Phi) is 3.84. The minimum absolute atomic E-state index is 0.0234. The Labute approximate surface area is 115 Å². The van der Waals surface area contributed by atoms with E-state index in [1.807, 2.05) is 6.92 Å². The van der Waals surface area contributed by atoms with Gasteiger partial charge in [0.25, 0.3) is 0 Å². The van der Waals surface area contributed by atoms with E-state index in [1.165, 1.54) is 0 Å². The molecule has 2 aliphatic carbocycles. The van der Waals surface area contributed by atoms with E-state index in [2.05, 4.69) is 26.0 Å². The number of ether oxygens (including phenoxy) is 1. The van der Waals surface area contributed by atoms with Crippen molar-refractivity contribution in [2.24, 2.45) is 16.7 Å². The first-order valence-electron chi connectivity index (χ1n) is 7.24. The van der Waals surface area contributed by atoms with Gasteiger partial charge in [0.1, 0.15) is 0 Å². The van der Waals surface area contributed by atoms with Crippen molar-refractivity contribution >= 4 is 11.8 Å². The Hall–Kier alpha value is -1.12. The first-order chi connectivity index (χ1) is 8.87. The van der Waals surface area contributed by atoms with Gasteiger partial charge in [-0.1, -0.05) is 45.8 Å². The second-order valence-electron chi connectivity index (χ2n) is 6.67. The highest BCUT2D eigenvalue weighted by Crippen LogP contribution is 2.48. The van der Waals surface area contributed by atoms with Crippen LogP contribution in [0.3, 0.4) is 0 Å². The molecule has 0 aliphatic heterocycles. The quantitative estimate of drug-likeness (QED) is 0.578. The summed E-state index contributed by atoms with van der Waals surface area (Å²) in [7, 11) is 0. The smallest absolute Gasteiger partial charge is 0.309 e. The fourth-order valence-corrected chi connectivity index (χ4v) is 3.08. The van der Waals surface area contributed by atoms with E-state index in [1.54, 1.807) is 0 Å². The van der Waals surface area contributed by atoms with Crippen LogP contribution in [-0.4, -0.2) is 18.4 Å². The summed E-state index contributed by atoms with van der Waals surface area (Å²) in [6, 6.07) is 0. The zero-order valence-electron chi connectivity index (χ0n) is 12.2. The molecule has 0 aromatic rings. The summed E-state index contributed by atoms with van der Waals surface area (Å²) in [5.74, 6) is -0.123. The Balaban J connectivity index is 1.89. The molecule has 0 spiro atoms. The number of allylic oxidation sites excluding steroid dienone is 2. The number of ketones is 1. The maximum atomic E-state index is 12.4. The molecule has 0 saturated heterocycles. The van der Waals surface area contributed by atoms with E-state index in [-0.39, 0.29) is 29.7 Å². The summed E-state index contributed by atoms with van der Waals surface area (Å²) in [5, 5.41) is 0. The van der Waals surface area contributed by atoms with E-state index < -0.39 is 5.41 Å². The fraction of sp³-hybridized carbons (Fsp3) is 0.750. The third-order valence-corrected chi connectivity index (χ3v) is 5.13. The lowest BCUT2D eigenvalue weighted by atomic mass is 9.66. The van der Waals surface area contributed by atoms with E-state index in [0.29, 0.717) is 0 Å². The van der Waals surface area contributed by atoms with Crippen molar-refractivity contribution in [3.63, 3.8) is 0 Å². The van der Waals surface area contributed by atoms with Crippen LogP contribution in [0.5, 0.6) is 0 Å². The van der Waals surface area contributed by atoms with Crippen LogP contribution < -0.4 is 0 Å². The minimum Gasteiger partial charge on any atom is -0.457 e. The van der Waals surface area contributed by atoms with Crippen LogP contribution in [0.2, 0.25) is 0 Å². The van der Waals surface area contributed by atoms with E-state index in [4.69, 9.17) is 4.74 Å². The summed E-state index contributed by atoms with van der Waals surface area (Å²) in [5.41, 5.74) is -0.604. The maximum Gasteiger partial charge on any atom is 0.309 e. The number of hydrogen-bond acceptors (Lipinski definition) is 3. The van der Waals surface area contributed by atoms with Gasteiger partial charge in [-0.15, -0.1) is 0 Å². The lowest BCUT2D eigenvalue weighted by molar-refractivity contribution is -0.155. The second kappa shape index (κ2) is 5.10. The van der Waals surface area contributed by atoms with Crippen LogP contribution in [0, 0.1) is 16.7 Å². The highest BCUT2D eigenvalue weighted by Gasteiger charge is 2.47. The van der Waals surface area contributed by atoms with Crippen molar-refractivity contribution in [3.8, 4) is 0 Å². The SMILES string of the molecule is CC1(C)C=CC[C@]1(C)C(=O)COC(=O)C1CCCC1. The van der Waals surface area contributed by atoms with Gasteiger partial charge in [-0.3, -0.25) is 9.59 Å². The van der Waals surface area contributed by atoms with Crippen molar-refractivity contribution < 1.29 is 14.3 Å². The third kappa shape index (κ3) is 2.60. The summed E-state index contributed by atoms with van der Waals surface area (Å²) in [6.45, 7) is 6.02. The average Bonchev–Trinajstić information content (AvgIpc) is 2.96. The van der Waals surface area contributed by atoms with Crippen molar-refractivity contribution in [3.05, 3.63) is 12.2 Å². The van der Waals surface area contributed by atoms with Crippen molar-refractivity contribution in [1.29, 1.82) is 0 Å². The molecule has 0 bridgehead atoms. The monoisotopic (exact) mass is 264 g/mol. The molecule has 1 atom stereocenters. The van der Waals surface area contributed by atoms with Crippen LogP contribution in [0.25, 0.3) is 0 Å². The Morgan fingerprint density at radius 1 is 1.21 bits per heavy atom. The van der Waals surface area contributed by atoms with E-state index in [0.717, 1.165) is 32.1 Å². The van der Waals surface area contributed by atoms with Crippen LogP contribution in [0.4, 0.5) is 0 Å². The molecule has 19 heavy (non-hydrogen) atoms. The molecule has 0 aromatic heterocycles. The van der Waals surface area contributed by atoms with Crippen LogP contribution in [-0.2, 0) is 14.3 Å². The largest absolute Gasteiger partial charge is 0.457 e. The molecular formula is C16H24O3. The van der Waals surface area contributed by atoms with Crippen molar-refractivity contribution in [2.45, 2.75) is 52.9 Å². The number of carbonyl (C=O) groups excluding carboxylic acids is 2. The predicted molar refractivity (Wildman–Crippen MR) is 73.6 cm³/mol. The molecule has 3 heteroatoms. The molecule has 1 saturated carbocycles. The Bertz CT molecular complexity index is 402. The van der Waals surface area contributed by atoms with Gasteiger partial charge >= 0.3 is 5.97 Å². The maximum absolute atomic E-state index is 12.4. The van der Waals surface area contributed by atoms with Gasteiger partial charge in [0, 0.05) is 5.41 Å². The first kappa shape index (κ1) is 14.3. The highest BCUT2D eigenvalue weighted by atomic mass is 16.5. The topological polar surface area (TPSA) is 43.4 Å². The Morgan fingerprint density at radius 3 is 2.37 bits per heavy atom. The van der Waals surface area contributed by atoms with Gasteiger partial charge < -0.3 is 4.74 Å². The summed E-state index contributed by atoms with van der Waals surface area (Å²) in [4.78, 5) is 24.2. The molecule has 0 aromatic carbocycles. The van der Waals surface area contributed by atoms with Crippen LogP contribution in [0.15, 0.2) is 12.2 Å². The molecule has 0 unspecified atom stereocenters. The van der Waals surface area contributed by atoms with Gasteiger partial charge in [0.05, 0.1) is 5.92 Å². The summed E-state index contributed by atoms with van der Waals surface area (Å²) >= 11 is 0. The van der Waals surface area contributed by atoms with Crippen molar-refractivity contribution in [1.82, 2.24) is 0 Å². The molecule has 0 N–H and O–H groups in total. The molecule has 0 radical (unpaired) electrons. The number of hydrogen-bond donors (Lipinski definition) is 0. The number of esters is 1. The van der Waals surface area contributed by atoms with E-state index >= 15 is 0 Å². The molecule has 106 valence electrons. The molecule has 0 amide bonds. The van der Waals surface area contributed by atoms with Gasteiger partial charge in [-0.05, 0) is 24.7 Å². The van der Waals surface area contributed by atoms with Crippen LogP contribution in [0.1, 0.15) is 52.9 Å². The molecular weight excluding hydrogens is 240 g/mol. The Morgan fingerprint density at radius 2 is 1.84 bits per heavy atom. The molecule has 2 aliphatic rings. The average molecular weight is 264 g/mol. The zero-order valence-corrected chi connectivity index (χ0v) is 12.2. The lowest BCUT2D eigenvalue weighted by Crippen LogP contribution is -2.40. The molecule has 1 fully saturated rings. The second-order valence-corrected chi connectivity index (χ2v) is 6.67. The van der Waals surface area contributed by atoms with Gasteiger partial charge in [0.15, 0.2) is 12.4 Å². The zero-order chi connectivity index (χ0) is 14.1. The minimum atomic E-state index is -0.442. The van der Waals surface area contributed by atoms with Crippen LogP contribution >= 0.6 is 0 Å². The summed E-state index contributed by atoms with van der Waals surface area (Å²) < 4.78 is 5.24. The number of rotatable bonds is 4.